The van der Waals surface area contributed by atoms with Crippen LogP contribution in [0, 0.1) is 5.92 Å². The first-order chi connectivity index (χ1) is 12.6. The third-order valence-corrected chi connectivity index (χ3v) is 6.08. The quantitative estimate of drug-likeness (QED) is 0.401. The summed E-state index contributed by atoms with van der Waals surface area (Å²) in [5, 5.41) is 1.35. The highest BCUT2D eigenvalue weighted by atomic mass is 127. The van der Waals surface area contributed by atoms with E-state index in [0.717, 1.165) is 25.8 Å². The van der Waals surface area contributed by atoms with E-state index in [1.165, 1.54) is 39.0 Å². The molecule has 0 aliphatic heterocycles. The molecule has 0 spiro atoms. The van der Waals surface area contributed by atoms with Crippen LogP contribution in [0.25, 0.3) is 17.0 Å². The SMILES string of the molecule is CC(C)C1=C(N(I)Cc2cccc3c4c([nH]c23)CCC=C4)C=CCC=C1. The van der Waals surface area contributed by atoms with Crippen molar-refractivity contribution < 1.29 is 0 Å². The summed E-state index contributed by atoms with van der Waals surface area (Å²) in [6, 6.07) is 6.69. The van der Waals surface area contributed by atoms with E-state index in [2.05, 4.69) is 99.5 Å². The number of benzene rings is 1. The maximum absolute atomic E-state index is 3.71. The van der Waals surface area contributed by atoms with Gasteiger partial charge in [-0.1, -0.05) is 62.4 Å². The van der Waals surface area contributed by atoms with Crippen molar-refractivity contribution in [2.45, 2.75) is 39.7 Å². The minimum absolute atomic E-state index is 0.514. The van der Waals surface area contributed by atoms with Gasteiger partial charge in [0.1, 0.15) is 0 Å². The van der Waals surface area contributed by atoms with Gasteiger partial charge >= 0.3 is 0 Å². The Morgan fingerprint density at radius 1 is 1.12 bits per heavy atom. The monoisotopic (exact) mass is 456 g/mol. The van der Waals surface area contributed by atoms with Crippen LogP contribution in [0.15, 0.2) is 59.8 Å². The molecule has 0 radical (unpaired) electrons. The molecule has 2 aromatic rings. The summed E-state index contributed by atoms with van der Waals surface area (Å²) in [5.74, 6) is 0.514. The van der Waals surface area contributed by atoms with E-state index in [1.807, 2.05) is 0 Å². The van der Waals surface area contributed by atoms with Gasteiger partial charge in [-0.3, -0.25) is 0 Å². The second kappa shape index (κ2) is 7.47. The smallest absolute Gasteiger partial charge is 0.0594 e. The molecule has 26 heavy (non-hydrogen) atoms. The molecule has 0 atom stereocenters. The van der Waals surface area contributed by atoms with Gasteiger partial charge in [0.15, 0.2) is 0 Å². The first-order valence-corrected chi connectivity index (χ1v) is 10.4. The van der Waals surface area contributed by atoms with Gasteiger partial charge in [0.05, 0.1) is 34.9 Å². The van der Waals surface area contributed by atoms with E-state index in [9.17, 15) is 0 Å². The van der Waals surface area contributed by atoms with Gasteiger partial charge in [-0.2, -0.15) is 0 Å². The summed E-state index contributed by atoms with van der Waals surface area (Å²) in [6.45, 7) is 5.44. The lowest BCUT2D eigenvalue weighted by atomic mass is 10.00. The highest BCUT2D eigenvalue weighted by molar-refractivity contribution is 14.1. The van der Waals surface area contributed by atoms with Gasteiger partial charge < -0.3 is 8.10 Å². The highest BCUT2D eigenvalue weighted by Gasteiger charge is 2.17. The maximum atomic E-state index is 3.71. The van der Waals surface area contributed by atoms with Crippen molar-refractivity contribution in [3.05, 3.63) is 76.7 Å². The molecule has 1 N–H and O–H groups in total. The molecule has 0 fully saturated rings. The molecule has 0 unspecified atom stereocenters. The molecule has 0 amide bonds. The Hall–Kier alpha value is -1.75. The zero-order valence-corrected chi connectivity index (χ0v) is 17.6. The Bertz CT molecular complexity index is 941. The van der Waals surface area contributed by atoms with Gasteiger partial charge in [0.25, 0.3) is 0 Å². The number of hydrogen-bond acceptors (Lipinski definition) is 1. The Kier molecular flexibility index (Phi) is 5.07. The predicted molar refractivity (Wildman–Crippen MR) is 120 cm³/mol. The molecular weight excluding hydrogens is 431 g/mol. The number of rotatable bonds is 4. The highest BCUT2D eigenvalue weighted by Crippen LogP contribution is 2.33. The number of halogens is 1. The van der Waals surface area contributed by atoms with Gasteiger partial charge in [-0.05, 0) is 42.4 Å². The predicted octanol–water partition coefficient (Wildman–Crippen LogP) is 6.71. The number of H-pyrrole nitrogens is 1. The second-order valence-corrected chi connectivity index (χ2v) is 8.52. The lowest BCUT2D eigenvalue weighted by Crippen LogP contribution is -2.13. The van der Waals surface area contributed by atoms with Crippen molar-refractivity contribution >= 4 is 39.8 Å². The van der Waals surface area contributed by atoms with Crippen molar-refractivity contribution in [1.82, 2.24) is 8.10 Å². The summed E-state index contributed by atoms with van der Waals surface area (Å²) < 4.78 is 2.36. The van der Waals surface area contributed by atoms with Crippen LogP contribution in [-0.2, 0) is 13.0 Å². The Morgan fingerprint density at radius 2 is 1.96 bits per heavy atom. The van der Waals surface area contributed by atoms with Crippen LogP contribution >= 0.6 is 22.9 Å². The molecule has 1 aromatic heterocycles. The van der Waals surface area contributed by atoms with E-state index in [1.54, 1.807) is 0 Å². The zero-order chi connectivity index (χ0) is 18.1. The van der Waals surface area contributed by atoms with Gasteiger partial charge in [0.2, 0.25) is 0 Å². The summed E-state index contributed by atoms with van der Waals surface area (Å²) in [6.07, 6.45) is 16.9. The van der Waals surface area contributed by atoms with Crippen LogP contribution in [-0.4, -0.2) is 8.10 Å². The lowest BCUT2D eigenvalue weighted by Gasteiger charge is -2.22. The minimum atomic E-state index is 0.514. The minimum Gasteiger partial charge on any atom is -0.358 e. The van der Waals surface area contributed by atoms with Crippen molar-refractivity contribution in [2.75, 3.05) is 0 Å². The Balaban J connectivity index is 1.72. The second-order valence-electron chi connectivity index (χ2n) is 7.35. The summed E-state index contributed by atoms with van der Waals surface area (Å²) in [7, 11) is 0. The van der Waals surface area contributed by atoms with Crippen molar-refractivity contribution in [1.29, 1.82) is 0 Å². The number of allylic oxidation sites excluding steroid dienone is 6. The van der Waals surface area contributed by atoms with Crippen LogP contribution in [0.4, 0.5) is 0 Å². The average Bonchev–Trinajstić information content (AvgIpc) is 2.84. The van der Waals surface area contributed by atoms with Gasteiger partial charge in [-0.15, -0.1) is 0 Å². The van der Waals surface area contributed by atoms with Crippen LogP contribution in [0.1, 0.15) is 43.5 Å². The number of aryl methyl sites for hydroxylation is 1. The standard InChI is InChI=1S/C23H25IN2/c1-16(2)18-10-4-3-5-14-22(18)26(24)15-17-9-8-12-20-19-11-6-7-13-21(19)25-23(17)20/h4-6,8-12,14,16,25H,3,7,13,15H2,1-2H3. The average molecular weight is 456 g/mol. The fourth-order valence-corrected chi connectivity index (χ4v) is 4.69. The molecular formula is C23H25IN2. The van der Waals surface area contributed by atoms with Gasteiger partial charge in [-0.25, -0.2) is 0 Å². The number of nitrogens with one attached hydrogen (secondary N) is 1. The molecule has 3 heteroatoms. The van der Waals surface area contributed by atoms with Crippen molar-refractivity contribution in [3.63, 3.8) is 0 Å². The fraction of sp³-hybridized carbons (Fsp3) is 0.304. The van der Waals surface area contributed by atoms with Crippen molar-refractivity contribution in [3.8, 4) is 0 Å². The molecule has 2 aliphatic rings. The molecule has 134 valence electrons. The Morgan fingerprint density at radius 3 is 2.81 bits per heavy atom. The number of aromatic nitrogens is 1. The maximum Gasteiger partial charge on any atom is 0.0594 e. The molecule has 0 saturated heterocycles. The molecule has 1 heterocycles. The zero-order valence-electron chi connectivity index (χ0n) is 15.4. The third kappa shape index (κ3) is 3.29. The van der Waals surface area contributed by atoms with E-state index in [4.69, 9.17) is 0 Å². The number of para-hydroxylation sites is 1. The summed E-state index contributed by atoms with van der Waals surface area (Å²) in [4.78, 5) is 3.71. The van der Waals surface area contributed by atoms with E-state index in [0.29, 0.717) is 5.92 Å². The molecule has 2 aliphatic carbocycles. The first kappa shape index (κ1) is 17.7. The van der Waals surface area contributed by atoms with Gasteiger partial charge in [0, 0.05) is 22.3 Å². The Labute approximate surface area is 169 Å². The number of nitrogens with zero attached hydrogens (tertiary/aromatic N) is 1. The van der Waals surface area contributed by atoms with E-state index in [-0.39, 0.29) is 0 Å². The summed E-state index contributed by atoms with van der Waals surface area (Å²) in [5.41, 5.74) is 8.15. The largest absolute Gasteiger partial charge is 0.358 e. The van der Waals surface area contributed by atoms with Crippen LogP contribution < -0.4 is 0 Å². The number of hydrogen-bond donors (Lipinski definition) is 1. The summed E-state index contributed by atoms with van der Waals surface area (Å²) >= 11 is 2.47. The molecule has 1 aromatic carbocycles. The van der Waals surface area contributed by atoms with E-state index < -0.39 is 0 Å². The lowest BCUT2D eigenvalue weighted by molar-refractivity contribution is 0.611. The van der Waals surface area contributed by atoms with E-state index >= 15 is 0 Å². The number of fused-ring (bicyclic) bond motifs is 3. The van der Waals surface area contributed by atoms with Crippen LogP contribution in [0.3, 0.4) is 0 Å². The third-order valence-electron chi connectivity index (χ3n) is 5.22. The fourth-order valence-electron chi connectivity index (χ4n) is 3.88. The first-order valence-electron chi connectivity index (χ1n) is 9.44. The van der Waals surface area contributed by atoms with Crippen LogP contribution in [0.2, 0.25) is 0 Å². The van der Waals surface area contributed by atoms with Crippen LogP contribution in [0.5, 0.6) is 0 Å². The molecule has 4 rings (SSSR count). The van der Waals surface area contributed by atoms with Crippen molar-refractivity contribution in [2.24, 2.45) is 5.92 Å². The number of aromatic amines is 1. The normalized spacial score (nSPS) is 16.5. The molecule has 2 nitrogen and oxygen atoms in total. The topological polar surface area (TPSA) is 19.0 Å². The molecule has 0 saturated carbocycles. The molecule has 0 bridgehead atoms.